The molecule has 7 rings (SSSR count). The highest BCUT2D eigenvalue weighted by Gasteiger charge is 2.50. The molecule has 1 spiro atoms. The number of ether oxygens (including phenoxy) is 3. The molecule has 1 aromatic heterocycles. The van der Waals surface area contributed by atoms with E-state index in [2.05, 4.69) is 17.9 Å². The Morgan fingerprint density at radius 3 is 2.95 bits per heavy atom. The zero-order valence-electron chi connectivity index (χ0n) is 24.3. The molecule has 2 aromatic rings. The minimum absolute atomic E-state index is 0.0352. The van der Waals surface area contributed by atoms with E-state index in [4.69, 9.17) is 24.9 Å². The van der Waals surface area contributed by atoms with Crippen molar-refractivity contribution in [2.75, 3.05) is 56.6 Å². The van der Waals surface area contributed by atoms with Gasteiger partial charge in [-0.15, -0.1) is 0 Å². The van der Waals surface area contributed by atoms with Gasteiger partial charge in [-0.3, -0.25) is 4.90 Å². The highest BCUT2D eigenvalue weighted by atomic mass is 19.1. The standard InChI is InChI=1S/C32H39F2N5O3/c1-20-6-8-32(27-22(20)4-5-25(36)23(27)16-35)15-26-24(18-42-32)29(38-9-3-12-40-13-11-38)28(34)30(37-26)41-19-31-7-2-10-39(31)17-21(33)14-31/h4-5,20-21H,2-3,6-15,17-19,36H2,1H3/t20-,21+,31-,32-/m0/s1. The van der Waals surface area contributed by atoms with Gasteiger partial charge < -0.3 is 24.8 Å². The Labute approximate surface area is 245 Å². The largest absolute Gasteiger partial charge is 0.474 e. The third-order valence-corrected chi connectivity index (χ3v) is 10.3. The van der Waals surface area contributed by atoms with Crippen LogP contribution in [-0.2, 0) is 28.1 Å². The smallest absolute Gasteiger partial charge is 0.252 e. The first-order valence-corrected chi connectivity index (χ1v) is 15.4. The predicted molar refractivity (Wildman–Crippen MR) is 154 cm³/mol. The van der Waals surface area contributed by atoms with E-state index in [-0.39, 0.29) is 25.0 Å². The van der Waals surface area contributed by atoms with Crippen molar-refractivity contribution in [3.8, 4) is 11.9 Å². The SMILES string of the molecule is C[C@H]1CC[C@]2(Cc3nc(OC[C@@]45CCCN4C[C@H](F)C5)c(F)c(N4CCCOCC4)c3CO2)c2c1ccc(N)c2C#N. The first kappa shape index (κ1) is 27.8. The minimum Gasteiger partial charge on any atom is -0.474 e. The van der Waals surface area contributed by atoms with Crippen LogP contribution in [0.25, 0.3) is 0 Å². The third-order valence-electron chi connectivity index (χ3n) is 10.3. The van der Waals surface area contributed by atoms with Gasteiger partial charge in [-0.05, 0) is 56.2 Å². The molecule has 3 fully saturated rings. The second kappa shape index (κ2) is 10.6. The zero-order valence-corrected chi connectivity index (χ0v) is 24.3. The summed E-state index contributed by atoms with van der Waals surface area (Å²) in [6, 6.07) is 6.15. The number of nitrogens with two attached hydrogens (primary N) is 1. The Morgan fingerprint density at radius 1 is 1.21 bits per heavy atom. The maximum absolute atomic E-state index is 16.5. The maximum Gasteiger partial charge on any atom is 0.252 e. The summed E-state index contributed by atoms with van der Waals surface area (Å²) in [5, 5.41) is 10.1. The highest BCUT2D eigenvalue weighted by Crippen LogP contribution is 2.52. The summed E-state index contributed by atoms with van der Waals surface area (Å²) < 4.78 is 49.6. The van der Waals surface area contributed by atoms with Crippen molar-refractivity contribution < 1.29 is 23.0 Å². The van der Waals surface area contributed by atoms with E-state index >= 15 is 4.39 Å². The monoisotopic (exact) mass is 579 g/mol. The van der Waals surface area contributed by atoms with E-state index in [0.717, 1.165) is 54.6 Å². The number of rotatable bonds is 4. The van der Waals surface area contributed by atoms with Crippen molar-refractivity contribution in [2.24, 2.45) is 0 Å². The van der Waals surface area contributed by atoms with Crippen LogP contribution in [-0.4, -0.2) is 67.6 Å². The summed E-state index contributed by atoms with van der Waals surface area (Å²) in [6.45, 7) is 6.11. The Hall–Kier alpha value is -3.00. The molecule has 5 heterocycles. The fourth-order valence-corrected chi connectivity index (χ4v) is 8.19. The number of aromatic nitrogens is 1. The Morgan fingerprint density at radius 2 is 2.10 bits per heavy atom. The number of nitriles is 1. The second-order valence-electron chi connectivity index (χ2n) is 12.8. The van der Waals surface area contributed by atoms with Crippen molar-refractivity contribution in [1.82, 2.24) is 9.88 Å². The molecule has 0 saturated carbocycles. The van der Waals surface area contributed by atoms with Crippen LogP contribution in [0.15, 0.2) is 12.1 Å². The first-order chi connectivity index (χ1) is 20.3. The number of halogens is 2. The molecular weight excluding hydrogens is 540 g/mol. The van der Waals surface area contributed by atoms with Crippen molar-refractivity contribution in [3.05, 3.63) is 45.9 Å². The summed E-state index contributed by atoms with van der Waals surface area (Å²) in [5.74, 6) is -0.270. The molecule has 0 bridgehead atoms. The lowest BCUT2D eigenvalue weighted by atomic mass is 9.69. The number of benzene rings is 1. The number of anilines is 2. The van der Waals surface area contributed by atoms with E-state index in [9.17, 15) is 9.65 Å². The summed E-state index contributed by atoms with van der Waals surface area (Å²) in [4.78, 5) is 9.03. The number of fused-ring (bicyclic) bond motifs is 4. The van der Waals surface area contributed by atoms with Crippen LogP contribution in [0, 0.1) is 17.1 Å². The van der Waals surface area contributed by atoms with Crippen LogP contribution in [0.4, 0.5) is 20.2 Å². The lowest BCUT2D eigenvalue weighted by Gasteiger charge is -2.45. The van der Waals surface area contributed by atoms with E-state index in [0.29, 0.717) is 69.0 Å². The fourth-order valence-electron chi connectivity index (χ4n) is 8.19. The van der Waals surface area contributed by atoms with Crippen LogP contribution in [0.5, 0.6) is 5.88 Å². The highest BCUT2D eigenvalue weighted by molar-refractivity contribution is 5.65. The molecule has 2 N–H and O–H groups in total. The molecule has 0 unspecified atom stereocenters. The topological polar surface area (TPSA) is 96.9 Å². The lowest BCUT2D eigenvalue weighted by molar-refractivity contribution is -0.0873. The molecule has 3 saturated heterocycles. The number of nitrogens with zero attached hydrogens (tertiary/aromatic N) is 4. The van der Waals surface area contributed by atoms with E-state index in [1.165, 1.54) is 0 Å². The molecule has 5 aliphatic rings. The zero-order chi connectivity index (χ0) is 29.1. The molecule has 42 heavy (non-hydrogen) atoms. The van der Waals surface area contributed by atoms with Gasteiger partial charge in [0.1, 0.15) is 24.4 Å². The van der Waals surface area contributed by atoms with Crippen molar-refractivity contribution in [3.63, 3.8) is 0 Å². The minimum atomic E-state index is -0.893. The van der Waals surface area contributed by atoms with Gasteiger partial charge in [-0.1, -0.05) is 13.0 Å². The van der Waals surface area contributed by atoms with Crippen LogP contribution < -0.4 is 15.4 Å². The van der Waals surface area contributed by atoms with Gasteiger partial charge in [-0.2, -0.15) is 9.65 Å². The Balaban J connectivity index is 1.31. The van der Waals surface area contributed by atoms with Gasteiger partial charge in [-0.25, -0.2) is 9.37 Å². The lowest BCUT2D eigenvalue weighted by Crippen LogP contribution is -2.44. The number of hydrogen-bond donors (Lipinski definition) is 1. The number of alkyl halides is 1. The van der Waals surface area contributed by atoms with Gasteiger partial charge in [0, 0.05) is 55.9 Å². The molecule has 10 heteroatoms. The molecule has 8 nitrogen and oxygen atoms in total. The van der Waals surface area contributed by atoms with Crippen molar-refractivity contribution in [2.45, 2.75) is 81.7 Å². The van der Waals surface area contributed by atoms with Crippen LogP contribution in [0.2, 0.25) is 0 Å². The maximum atomic E-state index is 16.5. The Bertz CT molecular complexity index is 1420. The number of hydrogen-bond acceptors (Lipinski definition) is 8. The molecule has 1 aromatic carbocycles. The molecule has 4 atom stereocenters. The average molecular weight is 580 g/mol. The number of pyridine rings is 1. The normalized spacial score (nSPS) is 30.9. The van der Waals surface area contributed by atoms with Gasteiger partial charge in [0.05, 0.1) is 35.7 Å². The third kappa shape index (κ3) is 4.43. The van der Waals surface area contributed by atoms with E-state index in [1.807, 2.05) is 11.0 Å². The number of nitrogen functional groups attached to an aromatic ring is 1. The van der Waals surface area contributed by atoms with Gasteiger partial charge >= 0.3 is 0 Å². The summed E-state index contributed by atoms with van der Waals surface area (Å²) in [7, 11) is 0. The summed E-state index contributed by atoms with van der Waals surface area (Å²) >= 11 is 0. The van der Waals surface area contributed by atoms with Crippen LogP contribution in [0.3, 0.4) is 0 Å². The summed E-state index contributed by atoms with van der Waals surface area (Å²) in [5.41, 5.74) is 9.81. The molecule has 0 radical (unpaired) electrons. The van der Waals surface area contributed by atoms with Crippen LogP contribution >= 0.6 is 0 Å². The quantitative estimate of drug-likeness (QED) is 0.520. The molecule has 0 amide bonds. The summed E-state index contributed by atoms with van der Waals surface area (Å²) in [6.07, 6.45) is 4.09. The van der Waals surface area contributed by atoms with Gasteiger partial charge in [0.15, 0.2) is 0 Å². The molecule has 1 aliphatic carbocycles. The second-order valence-corrected chi connectivity index (χ2v) is 12.8. The Kier molecular flexibility index (Phi) is 7.03. The van der Waals surface area contributed by atoms with Gasteiger partial charge in [0.2, 0.25) is 5.82 Å². The van der Waals surface area contributed by atoms with E-state index < -0.39 is 23.1 Å². The molecule has 4 aliphatic heterocycles. The van der Waals surface area contributed by atoms with Crippen LogP contribution in [0.1, 0.15) is 79.3 Å². The fraction of sp³-hybridized carbons (Fsp3) is 0.625. The van der Waals surface area contributed by atoms with Crippen molar-refractivity contribution in [1.29, 1.82) is 5.26 Å². The van der Waals surface area contributed by atoms with Gasteiger partial charge in [0.25, 0.3) is 5.88 Å². The van der Waals surface area contributed by atoms with E-state index in [1.54, 1.807) is 6.07 Å². The first-order valence-electron chi connectivity index (χ1n) is 15.4. The predicted octanol–water partition coefficient (Wildman–Crippen LogP) is 4.72. The average Bonchev–Trinajstić information content (AvgIpc) is 3.36. The molecule has 224 valence electrons. The van der Waals surface area contributed by atoms with Crippen molar-refractivity contribution >= 4 is 11.4 Å². The molecular formula is C32H39F2N5O3.